The third-order valence-electron chi connectivity index (χ3n) is 2.78. The molecule has 1 heterocycles. The first-order valence-corrected chi connectivity index (χ1v) is 6.72. The van der Waals surface area contributed by atoms with Crippen LogP contribution in [-0.4, -0.2) is 5.11 Å². The fourth-order valence-corrected chi connectivity index (χ4v) is 3.36. The summed E-state index contributed by atoms with van der Waals surface area (Å²) in [6, 6.07) is 9.77. The van der Waals surface area contributed by atoms with Crippen molar-refractivity contribution < 1.29 is 5.11 Å². The summed E-state index contributed by atoms with van der Waals surface area (Å²) in [6.07, 6.45) is 0. The molecule has 2 rings (SSSR count). The minimum atomic E-state index is -0.940. The van der Waals surface area contributed by atoms with E-state index in [2.05, 4.69) is 15.9 Å². The Balaban J connectivity index is 2.55. The molecule has 1 N–H and O–H groups in total. The number of aliphatic hydroxyl groups is 1. The normalized spacial score (nSPS) is 14.8. The molecule has 1 aromatic heterocycles. The van der Waals surface area contributed by atoms with Crippen LogP contribution in [-0.2, 0) is 5.60 Å². The lowest BCUT2D eigenvalue weighted by Gasteiger charge is -2.25. The van der Waals surface area contributed by atoms with Crippen LogP contribution in [0.5, 0.6) is 0 Å². The summed E-state index contributed by atoms with van der Waals surface area (Å²) in [7, 11) is 0. The summed E-state index contributed by atoms with van der Waals surface area (Å²) in [6.45, 7) is 3.87. The summed E-state index contributed by atoms with van der Waals surface area (Å²) in [5.41, 5.74) is 0.936. The number of rotatable bonds is 2. The molecule has 0 aliphatic carbocycles. The van der Waals surface area contributed by atoms with Crippen LogP contribution in [0.2, 0.25) is 0 Å². The Labute approximate surface area is 108 Å². The summed E-state index contributed by atoms with van der Waals surface area (Å²) < 4.78 is 0.936. The minimum Gasteiger partial charge on any atom is -0.381 e. The second-order valence-electron chi connectivity index (χ2n) is 3.94. The SMILES string of the molecule is Cc1sccc1C(C)(O)c1ccccc1Br. The molecule has 1 unspecified atom stereocenters. The lowest BCUT2D eigenvalue weighted by molar-refractivity contribution is 0.101. The van der Waals surface area contributed by atoms with Crippen molar-refractivity contribution in [2.75, 3.05) is 0 Å². The molecule has 1 atom stereocenters. The quantitative estimate of drug-likeness (QED) is 0.885. The van der Waals surface area contributed by atoms with Crippen molar-refractivity contribution in [3.63, 3.8) is 0 Å². The molecule has 16 heavy (non-hydrogen) atoms. The van der Waals surface area contributed by atoms with Crippen LogP contribution in [0.3, 0.4) is 0 Å². The summed E-state index contributed by atoms with van der Waals surface area (Å²) in [5.74, 6) is 0. The van der Waals surface area contributed by atoms with E-state index in [4.69, 9.17) is 0 Å². The average molecular weight is 297 g/mol. The fraction of sp³-hybridized carbons (Fsp3) is 0.231. The van der Waals surface area contributed by atoms with Gasteiger partial charge in [0.1, 0.15) is 5.60 Å². The standard InChI is InChI=1S/C13H13BrOS/c1-9-10(7-8-16-9)13(2,15)11-5-3-4-6-12(11)14/h3-8,15H,1-2H3. The summed E-state index contributed by atoms with van der Waals surface area (Å²) in [4.78, 5) is 1.15. The number of aryl methyl sites for hydroxylation is 1. The molecule has 2 aromatic rings. The maximum Gasteiger partial charge on any atom is 0.114 e. The molecule has 84 valence electrons. The van der Waals surface area contributed by atoms with Crippen LogP contribution in [0, 0.1) is 6.92 Å². The monoisotopic (exact) mass is 296 g/mol. The highest BCUT2D eigenvalue weighted by molar-refractivity contribution is 9.10. The number of halogens is 1. The van der Waals surface area contributed by atoms with Crippen molar-refractivity contribution >= 4 is 27.3 Å². The highest BCUT2D eigenvalue weighted by Crippen LogP contribution is 2.36. The van der Waals surface area contributed by atoms with Gasteiger partial charge in [0.15, 0.2) is 0 Å². The molecule has 0 bridgehead atoms. The van der Waals surface area contributed by atoms with Crippen LogP contribution in [0.15, 0.2) is 40.2 Å². The number of hydrogen-bond donors (Lipinski definition) is 1. The molecule has 0 saturated carbocycles. The van der Waals surface area contributed by atoms with Crippen molar-refractivity contribution in [3.05, 3.63) is 56.2 Å². The maximum atomic E-state index is 10.7. The van der Waals surface area contributed by atoms with E-state index in [1.54, 1.807) is 11.3 Å². The molecule has 0 amide bonds. The van der Waals surface area contributed by atoms with Gasteiger partial charge in [0.05, 0.1) is 0 Å². The van der Waals surface area contributed by atoms with Gasteiger partial charge in [0, 0.05) is 20.5 Å². The zero-order chi connectivity index (χ0) is 11.8. The second-order valence-corrected chi connectivity index (χ2v) is 5.92. The third-order valence-corrected chi connectivity index (χ3v) is 4.32. The molecule has 0 spiro atoms. The van der Waals surface area contributed by atoms with Gasteiger partial charge in [-0.1, -0.05) is 34.1 Å². The molecule has 1 aromatic carbocycles. The van der Waals surface area contributed by atoms with E-state index < -0.39 is 5.60 Å². The van der Waals surface area contributed by atoms with Crippen molar-refractivity contribution in [1.82, 2.24) is 0 Å². The van der Waals surface area contributed by atoms with Gasteiger partial charge in [-0.15, -0.1) is 11.3 Å². The lowest BCUT2D eigenvalue weighted by Crippen LogP contribution is -2.23. The first-order chi connectivity index (χ1) is 7.53. The summed E-state index contributed by atoms with van der Waals surface area (Å²) >= 11 is 5.14. The highest BCUT2D eigenvalue weighted by Gasteiger charge is 2.29. The molecule has 0 radical (unpaired) electrons. The zero-order valence-electron chi connectivity index (χ0n) is 9.20. The molecule has 0 aliphatic rings. The predicted molar refractivity (Wildman–Crippen MR) is 71.9 cm³/mol. The Hall–Kier alpha value is -0.640. The van der Waals surface area contributed by atoms with Gasteiger partial charge < -0.3 is 5.11 Å². The summed E-state index contributed by atoms with van der Waals surface area (Å²) in [5, 5.41) is 12.7. The molecule has 0 saturated heterocycles. The van der Waals surface area contributed by atoms with Gasteiger partial charge >= 0.3 is 0 Å². The topological polar surface area (TPSA) is 20.2 Å². The largest absolute Gasteiger partial charge is 0.381 e. The van der Waals surface area contributed by atoms with Crippen LogP contribution in [0.4, 0.5) is 0 Å². The molecule has 0 fully saturated rings. The Morgan fingerprint density at radius 3 is 2.44 bits per heavy atom. The van der Waals surface area contributed by atoms with E-state index >= 15 is 0 Å². The number of thiophene rings is 1. The first-order valence-electron chi connectivity index (χ1n) is 5.05. The van der Waals surface area contributed by atoms with E-state index in [1.165, 1.54) is 0 Å². The van der Waals surface area contributed by atoms with Crippen molar-refractivity contribution in [2.45, 2.75) is 19.4 Å². The smallest absolute Gasteiger partial charge is 0.114 e. The van der Waals surface area contributed by atoms with Gasteiger partial charge in [0.25, 0.3) is 0 Å². The van der Waals surface area contributed by atoms with Gasteiger partial charge in [-0.05, 0) is 31.4 Å². The average Bonchev–Trinajstić information content (AvgIpc) is 2.65. The van der Waals surface area contributed by atoms with E-state index in [0.29, 0.717) is 0 Å². The molecule has 1 nitrogen and oxygen atoms in total. The predicted octanol–water partition coefficient (Wildman–Crippen LogP) is 4.07. The van der Waals surface area contributed by atoms with Crippen LogP contribution >= 0.6 is 27.3 Å². The van der Waals surface area contributed by atoms with E-state index in [1.807, 2.05) is 49.6 Å². The Morgan fingerprint density at radius 1 is 1.19 bits per heavy atom. The fourth-order valence-electron chi connectivity index (χ4n) is 1.89. The van der Waals surface area contributed by atoms with Crippen LogP contribution in [0.1, 0.15) is 22.9 Å². The lowest BCUT2D eigenvalue weighted by atomic mass is 9.89. The Morgan fingerprint density at radius 2 is 1.88 bits per heavy atom. The van der Waals surface area contributed by atoms with Crippen LogP contribution in [0.25, 0.3) is 0 Å². The first kappa shape index (κ1) is 11.8. The van der Waals surface area contributed by atoms with Crippen molar-refractivity contribution in [2.24, 2.45) is 0 Å². The van der Waals surface area contributed by atoms with E-state index in [0.717, 1.165) is 20.5 Å². The second kappa shape index (κ2) is 4.32. The molecular formula is C13H13BrOS. The van der Waals surface area contributed by atoms with E-state index in [-0.39, 0.29) is 0 Å². The molecule has 0 aliphatic heterocycles. The van der Waals surface area contributed by atoms with Crippen molar-refractivity contribution in [3.8, 4) is 0 Å². The maximum absolute atomic E-state index is 10.7. The Kier molecular flexibility index (Phi) is 3.19. The molecule has 3 heteroatoms. The van der Waals surface area contributed by atoms with E-state index in [9.17, 15) is 5.11 Å². The number of benzene rings is 1. The highest BCUT2D eigenvalue weighted by atomic mass is 79.9. The van der Waals surface area contributed by atoms with Gasteiger partial charge in [-0.3, -0.25) is 0 Å². The van der Waals surface area contributed by atoms with Crippen molar-refractivity contribution in [1.29, 1.82) is 0 Å². The van der Waals surface area contributed by atoms with Crippen LogP contribution < -0.4 is 0 Å². The minimum absolute atomic E-state index is 0.900. The van der Waals surface area contributed by atoms with Gasteiger partial charge in [-0.25, -0.2) is 0 Å². The third kappa shape index (κ3) is 1.95. The Bertz CT molecular complexity index is 502. The van der Waals surface area contributed by atoms with Gasteiger partial charge in [-0.2, -0.15) is 0 Å². The number of hydrogen-bond acceptors (Lipinski definition) is 2. The van der Waals surface area contributed by atoms with Gasteiger partial charge in [0.2, 0.25) is 0 Å². The zero-order valence-corrected chi connectivity index (χ0v) is 11.6. The molecular weight excluding hydrogens is 284 g/mol.